The van der Waals surface area contributed by atoms with E-state index in [-0.39, 0.29) is 22.6 Å². The van der Waals surface area contributed by atoms with E-state index in [0.29, 0.717) is 10.9 Å². The molecule has 0 bridgehead atoms. The summed E-state index contributed by atoms with van der Waals surface area (Å²) in [5.41, 5.74) is 0.748. The summed E-state index contributed by atoms with van der Waals surface area (Å²) in [4.78, 5) is 28.5. The molecular formula is C21H23ClFN3O6S. The van der Waals surface area contributed by atoms with Gasteiger partial charge in [0, 0.05) is 13.1 Å². The number of hydrogen-bond donors (Lipinski definition) is 3. The first-order valence-corrected chi connectivity index (χ1v) is 11.7. The van der Waals surface area contributed by atoms with Crippen molar-refractivity contribution in [2.24, 2.45) is 0 Å². The number of phenolic OH excluding ortho intramolecular Hbond substituents is 1. The molecule has 0 radical (unpaired) electrons. The van der Waals surface area contributed by atoms with Crippen LogP contribution in [0.15, 0.2) is 41.3 Å². The Labute approximate surface area is 195 Å². The van der Waals surface area contributed by atoms with Crippen molar-refractivity contribution in [3.63, 3.8) is 0 Å². The number of hydroxylamine groups is 1. The number of phenols is 1. The molecule has 0 aliphatic heterocycles. The molecule has 3 unspecified atom stereocenters. The molecule has 3 N–H and O–H groups in total. The van der Waals surface area contributed by atoms with Crippen molar-refractivity contribution >= 4 is 38.9 Å². The predicted octanol–water partition coefficient (Wildman–Crippen LogP) is 1.89. The molecule has 0 aromatic heterocycles. The van der Waals surface area contributed by atoms with Crippen molar-refractivity contribution in [2.45, 2.75) is 36.4 Å². The van der Waals surface area contributed by atoms with Crippen molar-refractivity contribution in [1.82, 2.24) is 9.79 Å². The lowest BCUT2D eigenvalue weighted by Crippen LogP contribution is -2.68. The van der Waals surface area contributed by atoms with Crippen LogP contribution < -0.4 is 10.6 Å². The zero-order valence-corrected chi connectivity index (χ0v) is 19.6. The Morgan fingerprint density at radius 2 is 1.76 bits per heavy atom. The highest BCUT2D eigenvalue weighted by molar-refractivity contribution is 7.89. The summed E-state index contributed by atoms with van der Waals surface area (Å²) in [6.45, 7) is 1.81. The lowest BCUT2D eigenvalue weighted by Gasteiger charge is -2.37. The molecule has 1 aliphatic rings. The fourth-order valence-electron chi connectivity index (χ4n) is 3.48. The van der Waals surface area contributed by atoms with Gasteiger partial charge in [-0.25, -0.2) is 12.8 Å². The van der Waals surface area contributed by atoms with Gasteiger partial charge in [0.25, 0.3) is 10.0 Å². The minimum atomic E-state index is -4.30. The van der Waals surface area contributed by atoms with Gasteiger partial charge in [0.05, 0.1) is 17.8 Å². The van der Waals surface area contributed by atoms with Gasteiger partial charge < -0.3 is 15.7 Å². The van der Waals surface area contributed by atoms with Crippen LogP contribution in [0.3, 0.4) is 0 Å². The molecule has 1 saturated carbocycles. The first-order valence-electron chi connectivity index (χ1n) is 9.87. The van der Waals surface area contributed by atoms with Crippen molar-refractivity contribution in [3.05, 3.63) is 52.8 Å². The van der Waals surface area contributed by atoms with Gasteiger partial charge in [-0.15, -0.1) is 0 Å². The Balaban J connectivity index is 1.79. The number of Topliss-reactive ketones (excluding diaryl/α,β-unsaturated/α-hetero) is 2. The quantitative estimate of drug-likeness (QED) is 0.271. The monoisotopic (exact) mass is 499 g/mol. The fourth-order valence-corrected chi connectivity index (χ4v) is 5.04. The number of nitrogens with one attached hydrogen (secondary N) is 2. The van der Waals surface area contributed by atoms with E-state index in [1.807, 2.05) is 6.92 Å². The first kappa shape index (κ1) is 25.1. The van der Waals surface area contributed by atoms with E-state index < -0.39 is 44.3 Å². The number of nitrogens with zero attached hydrogens (tertiary/aromatic N) is 1. The molecule has 3 atom stereocenters. The summed E-state index contributed by atoms with van der Waals surface area (Å²) >= 11 is 6.00. The third kappa shape index (κ3) is 5.02. The van der Waals surface area contributed by atoms with E-state index in [9.17, 15) is 27.5 Å². The molecule has 3 rings (SSSR count). The van der Waals surface area contributed by atoms with Crippen LogP contribution in [0.5, 0.6) is 5.75 Å². The molecule has 0 saturated heterocycles. The van der Waals surface area contributed by atoms with Gasteiger partial charge in [-0.05, 0) is 43.2 Å². The van der Waals surface area contributed by atoms with Crippen LogP contribution >= 0.6 is 11.6 Å². The SMILES string of the molecule is CON(C)S(=O)(=O)c1c(Cl)ccc(NC2C(=O)C(=O)C2NC(C)Cc2ccc(F)cc2)c1O. The van der Waals surface area contributed by atoms with Crippen LogP contribution in [-0.2, 0) is 30.9 Å². The number of anilines is 1. The number of hydrogen-bond acceptors (Lipinski definition) is 8. The van der Waals surface area contributed by atoms with Gasteiger partial charge in [0.15, 0.2) is 5.75 Å². The van der Waals surface area contributed by atoms with Crippen molar-refractivity contribution in [3.8, 4) is 5.75 Å². The highest BCUT2D eigenvalue weighted by Crippen LogP contribution is 2.39. The molecule has 0 heterocycles. The average molecular weight is 500 g/mol. The summed E-state index contributed by atoms with van der Waals surface area (Å²) in [7, 11) is -2.04. The number of carbonyl (C=O) groups excluding carboxylic acids is 2. The number of ketones is 2. The van der Waals surface area contributed by atoms with Gasteiger partial charge in [0.2, 0.25) is 11.6 Å². The van der Waals surface area contributed by atoms with Gasteiger partial charge in [-0.3, -0.25) is 14.4 Å². The zero-order chi connectivity index (χ0) is 24.5. The minimum Gasteiger partial charge on any atom is -0.504 e. The summed E-state index contributed by atoms with van der Waals surface area (Å²) in [5.74, 6) is -2.42. The number of sulfonamides is 1. The second-order valence-electron chi connectivity index (χ2n) is 7.60. The van der Waals surface area contributed by atoms with Crippen molar-refractivity contribution in [2.75, 3.05) is 19.5 Å². The average Bonchev–Trinajstić information content (AvgIpc) is 2.77. The number of rotatable bonds is 9. The van der Waals surface area contributed by atoms with Gasteiger partial charge in [-0.2, -0.15) is 0 Å². The topological polar surface area (TPSA) is 125 Å². The summed E-state index contributed by atoms with van der Waals surface area (Å²) in [6, 6.07) is 6.29. The summed E-state index contributed by atoms with van der Waals surface area (Å²) < 4.78 is 38.9. The van der Waals surface area contributed by atoms with Crippen LogP contribution in [0.25, 0.3) is 0 Å². The lowest BCUT2D eigenvalue weighted by molar-refractivity contribution is -0.145. The molecule has 2 aromatic rings. The third-order valence-corrected chi connectivity index (χ3v) is 7.49. The van der Waals surface area contributed by atoms with Gasteiger partial charge in [0.1, 0.15) is 22.8 Å². The van der Waals surface area contributed by atoms with Gasteiger partial charge >= 0.3 is 0 Å². The van der Waals surface area contributed by atoms with E-state index in [4.69, 9.17) is 16.4 Å². The number of carbonyl (C=O) groups is 2. The van der Waals surface area contributed by atoms with Crippen LogP contribution in [-0.4, -0.2) is 61.8 Å². The second-order valence-corrected chi connectivity index (χ2v) is 9.88. The number of aromatic hydroxyl groups is 1. The molecule has 0 spiro atoms. The Bertz CT molecular complexity index is 1180. The molecule has 12 heteroatoms. The van der Waals surface area contributed by atoms with E-state index in [1.165, 1.54) is 24.3 Å². The fraction of sp³-hybridized carbons (Fsp3) is 0.333. The Morgan fingerprint density at radius 3 is 2.36 bits per heavy atom. The van der Waals surface area contributed by atoms with E-state index in [1.54, 1.807) is 12.1 Å². The van der Waals surface area contributed by atoms with Gasteiger partial charge in [-0.1, -0.05) is 28.2 Å². The standard InChI is InChI=1S/C21H23ClFN3O6S/c1-11(10-12-4-6-13(23)7-5-12)24-16-17(20(29)19(16)28)25-15-9-8-14(22)21(18(15)27)33(30,31)26(2)32-3/h4-9,11,16-17,24-25,27H,10H2,1-3H3. The third-order valence-electron chi connectivity index (χ3n) is 5.31. The lowest BCUT2D eigenvalue weighted by atomic mass is 9.82. The summed E-state index contributed by atoms with van der Waals surface area (Å²) in [5, 5.41) is 16.1. The normalized spacial score (nSPS) is 19.5. The number of benzene rings is 2. The predicted molar refractivity (Wildman–Crippen MR) is 119 cm³/mol. The first-order chi connectivity index (χ1) is 15.5. The maximum Gasteiger partial charge on any atom is 0.269 e. The second kappa shape index (κ2) is 9.74. The minimum absolute atomic E-state index is 0.0914. The maximum absolute atomic E-state index is 13.1. The van der Waals surface area contributed by atoms with E-state index >= 15 is 0 Å². The molecule has 1 fully saturated rings. The summed E-state index contributed by atoms with van der Waals surface area (Å²) in [6.07, 6.45) is 0.475. The largest absolute Gasteiger partial charge is 0.504 e. The smallest absolute Gasteiger partial charge is 0.269 e. The molecule has 33 heavy (non-hydrogen) atoms. The molecule has 2 aromatic carbocycles. The Hall–Kier alpha value is -2.57. The van der Waals surface area contributed by atoms with Crippen LogP contribution in [0.2, 0.25) is 5.02 Å². The van der Waals surface area contributed by atoms with Crippen LogP contribution in [0.1, 0.15) is 12.5 Å². The highest BCUT2D eigenvalue weighted by Gasteiger charge is 2.50. The molecular weight excluding hydrogens is 477 g/mol. The Morgan fingerprint density at radius 1 is 1.15 bits per heavy atom. The maximum atomic E-state index is 13.1. The highest BCUT2D eigenvalue weighted by atomic mass is 35.5. The Kier molecular flexibility index (Phi) is 7.39. The van der Waals surface area contributed by atoms with Crippen LogP contribution in [0.4, 0.5) is 10.1 Å². The molecule has 0 amide bonds. The molecule has 9 nitrogen and oxygen atoms in total. The zero-order valence-electron chi connectivity index (χ0n) is 18.0. The van der Waals surface area contributed by atoms with E-state index in [2.05, 4.69) is 10.6 Å². The van der Waals surface area contributed by atoms with E-state index in [0.717, 1.165) is 19.7 Å². The van der Waals surface area contributed by atoms with Crippen LogP contribution in [0, 0.1) is 5.82 Å². The molecule has 178 valence electrons. The van der Waals surface area contributed by atoms with Crippen molar-refractivity contribution < 1.29 is 32.3 Å². The number of halogens is 2. The molecule has 1 aliphatic carbocycles. The van der Waals surface area contributed by atoms with Crippen molar-refractivity contribution in [1.29, 1.82) is 0 Å².